The lowest BCUT2D eigenvalue weighted by Crippen LogP contribution is -2.16. The van der Waals surface area contributed by atoms with Crippen LogP contribution in [0.1, 0.15) is 17.9 Å². The Labute approximate surface area is 109 Å². The highest BCUT2D eigenvalue weighted by atomic mass is 16.6. The van der Waals surface area contributed by atoms with Crippen molar-refractivity contribution in [2.45, 2.75) is 12.3 Å². The number of hydrogen-bond donors (Lipinski definition) is 1. The highest BCUT2D eigenvalue weighted by Gasteiger charge is 2.22. The Morgan fingerprint density at radius 2 is 2.00 bits per heavy atom. The standard InChI is InChI=1S/C12H15NO6/c1-18-10-4-3-8(5-11(10)19-2)9(6-12(14)15)7-13(16)17/h3-5,9H,6-7H2,1-2H3,(H,14,15)/t9-/m0/s1. The molecule has 0 amide bonds. The van der Waals surface area contributed by atoms with Gasteiger partial charge in [0.1, 0.15) is 0 Å². The molecule has 0 aliphatic heterocycles. The first kappa shape index (κ1) is 14.7. The lowest BCUT2D eigenvalue weighted by molar-refractivity contribution is -0.483. The summed E-state index contributed by atoms with van der Waals surface area (Å²) in [6.45, 7) is -0.443. The third-order valence-corrected chi connectivity index (χ3v) is 2.67. The van der Waals surface area contributed by atoms with E-state index in [1.54, 1.807) is 18.2 Å². The first-order chi connectivity index (χ1) is 8.97. The van der Waals surface area contributed by atoms with Gasteiger partial charge in [0, 0.05) is 4.92 Å². The van der Waals surface area contributed by atoms with Gasteiger partial charge in [-0.1, -0.05) is 6.07 Å². The van der Waals surface area contributed by atoms with Crippen LogP contribution in [0.4, 0.5) is 0 Å². The number of ether oxygens (including phenoxy) is 2. The molecular weight excluding hydrogens is 254 g/mol. The van der Waals surface area contributed by atoms with Crippen molar-refractivity contribution in [1.82, 2.24) is 0 Å². The lowest BCUT2D eigenvalue weighted by Gasteiger charge is -2.14. The molecule has 0 spiro atoms. The van der Waals surface area contributed by atoms with E-state index in [2.05, 4.69) is 0 Å². The molecule has 1 rings (SSSR count). The molecule has 1 N–H and O–H groups in total. The molecule has 1 atom stereocenters. The lowest BCUT2D eigenvalue weighted by atomic mass is 9.95. The van der Waals surface area contributed by atoms with Crippen molar-refractivity contribution in [3.63, 3.8) is 0 Å². The highest BCUT2D eigenvalue weighted by Crippen LogP contribution is 2.31. The summed E-state index contributed by atoms with van der Waals surface area (Å²) in [5.41, 5.74) is 0.539. The summed E-state index contributed by atoms with van der Waals surface area (Å²) in [6, 6.07) is 4.78. The van der Waals surface area contributed by atoms with Crippen molar-refractivity contribution < 1.29 is 24.3 Å². The molecule has 0 saturated heterocycles. The molecule has 0 aromatic heterocycles. The highest BCUT2D eigenvalue weighted by molar-refractivity contribution is 5.68. The van der Waals surface area contributed by atoms with Gasteiger partial charge in [-0.2, -0.15) is 0 Å². The Balaban J connectivity index is 3.07. The molecule has 0 radical (unpaired) electrons. The molecule has 0 unspecified atom stereocenters. The average Bonchev–Trinajstić information content (AvgIpc) is 2.36. The minimum Gasteiger partial charge on any atom is -0.493 e. The van der Waals surface area contributed by atoms with E-state index < -0.39 is 23.4 Å². The van der Waals surface area contributed by atoms with Gasteiger partial charge in [0.25, 0.3) is 0 Å². The number of carboxylic acid groups (broad SMARTS) is 1. The van der Waals surface area contributed by atoms with Crippen LogP contribution in [-0.2, 0) is 4.79 Å². The first-order valence-corrected chi connectivity index (χ1v) is 5.53. The fraction of sp³-hybridized carbons (Fsp3) is 0.417. The smallest absolute Gasteiger partial charge is 0.304 e. The summed E-state index contributed by atoms with van der Waals surface area (Å²) in [5, 5.41) is 19.4. The number of methoxy groups -OCH3 is 2. The number of nitro groups is 1. The Kier molecular flexibility index (Phi) is 5.11. The predicted octanol–water partition coefficient (Wildman–Crippen LogP) is 1.54. The van der Waals surface area contributed by atoms with Crippen LogP contribution >= 0.6 is 0 Å². The molecule has 7 heteroatoms. The van der Waals surface area contributed by atoms with E-state index >= 15 is 0 Å². The van der Waals surface area contributed by atoms with Gasteiger partial charge in [-0.25, -0.2) is 0 Å². The van der Waals surface area contributed by atoms with Crippen molar-refractivity contribution in [2.75, 3.05) is 20.8 Å². The summed E-state index contributed by atoms with van der Waals surface area (Å²) >= 11 is 0. The van der Waals surface area contributed by atoms with E-state index in [1.165, 1.54) is 14.2 Å². The summed E-state index contributed by atoms with van der Waals surface area (Å²) in [7, 11) is 2.92. The van der Waals surface area contributed by atoms with Gasteiger partial charge in [0.05, 0.1) is 26.6 Å². The third kappa shape index (κ3) is 4.13. The Hall–Kier alpha value is -2.31. The quantitative estimate of drug-likeness (QED) is 0.595. The van der Waals surface area contributed by atoms with Crippen LogP contribution in [0.2, 0.25) is 0 Å². The molecule has 19 heavy (non-hydrogen) atoms. The maximum Gasteiger partial charge on any atom is 0.304 e. The number of nitrogens with zero attached hydrogens (tertiary/aromatic N) is 1. The minimum atomic E-state index is -1.08. The number of benzene rings is 1. The zero-order valence-corrected chi connectivity index (χ0v) is 10.7. The van der Waals surface area contributed by atoms with E-state index in [1.807, 2.05) is 0 Å². The molecule has 0 saturated carbocycles. The molecule has 0 bridgehead atoms. The van der Waals surface area contributed by atoms with Crippen LogP contribution in [0.3, 0.4) is 0 Å². The Morgan fingerprint density at radius 1 is 1.37 bits per heavy atom. The van der Waals surface area contributed by atoms with Gasteiger partial charge >= 0.3 is 5.97 Å². The van der Waals surface area contributed by atoms with Crippen molar-refractivity contribution >= 4 is 5.97 Å². The van der Waals surface area contributed by atoms with Gasteiger partial charge < -0.3 is 14.6 Å². The van der Waals surface area contributed by atoms with Crippen LogP contribution in [-0.4, -0.2) is 36.8 Å². The molecule has 104 valence electrons. The molecule has 0 heterocycles. The third-order valence-electron chi connectivity index (χ3n) is 2.67. The maximum absolute atomic E-state index is 10.8. The molecule has 0 aliphatic rings. The molecule has 0 fully saturated rings. The molecule has 7 nitrogen and oxygen atoms in total. The van der Waals surface area contributed by atoms with Crippen LogP contribution in [0.5, 0.6) is 11.5 Å². The minimum absolute atomic E-state index is 0.309. The Bertz CT molecular complexity index is 457. The fourth-order valence-electron chi connectivity index (χ4n) is 1.79. The second-order valence-corrected chi connectivity index (χ2v) is 3.92. The number of carboxylic acids is 1. The van der Waals surface area contributed by atoms with E-state index in [0.717, 1.165) is 0 Å². The largest absolute Gasteiger partial charge is 0.493 e. The number of aliphatic carboxylic acids is 1. The maximum atomic E-state index is 10.8. The van der Waals surface area contributed by atoms with Crippen LogP contribution in [0.15, 0.2) is 18.2 Å². The van der Waals surface area contributed by atoms with E-state index in [-0.39, 0.29) is 6.42 Å². The van der Waals surface area contributed by atoms with Gasteiger partial charge in [0.2, 0.25) is 6.54 Å². The van der Waals surface area contributed by atoms with Crippen molar-refractivity contribution in [1.29, 1.82) is 0 Å². The first-order valence-electron chi connectivity index (χ1n) is 5.53. The SMILES string of the molecule is COc1ccc([C@@H](CC(=O)O)C[N+](=O)[O-])cc1OC. The number of hydrogen-bond acceptors (Lipinski definition) is 5. The summed E-state index contributed by atoms with van der Waals surface area (Å²) in [5.74, 6) is -0.880. The van der Waals surface area contributed by atoms with Crippen LogP contribution in [0, 0.1) is 10.1 Å². The fourth-order valence-corrected chi connectivity index (χ4v) is 1.79. The van der Waals surface area contributed by atoms with E-state index in [9.17, 15) is 14.9 Å². The van der Waals surface area contributed by atoms with Gasteiger partial charge in [-0.3, -0.25) is 14.9 Å². The monoisotopic (exact) mass is 269 g/mol. The van der Waals surface area contributed by atoms with Crippen LogP contribution in [0.25, 0.3) is 0 Å². The molecule has 0 aliphatic carbocycles. The summed E-state index contributed by atoms with van der Waals surface area (Å²) in [6.07, 6.45) is -0.309. The van der Waals surface area contributed by atoms with Crippen molar-refractivity contribution in [2.24, 2.45) is 0 Å². The van der Waals surface area contributed by atoms with Crippen molar-refractivity contribution in [3.05, 3.63) is 33.9 Å². The topological polar surface area (TPSA) is 98.9 Å². The van der Waals surface area contributed by atoms with Crippen LogP contribution < -0.4 is 9.47 Å². The second-order valence-electron chi connectivity index (χ2n) is 3.92. The zero-order valence-electron chi connectivity index (χ0n) is 10.7. The molecule has 1 aromatic carbocycles. The van der Waals surface area contributed by atoms with Crippen molar-refractivity contribution in [3.8, 4) is 11.5 Å². The van der Waals surface area contributed by atoms with E-state index in [4.69, 9.17) is 14.6 Å². The predicted molar refractivity (Wildman–Crippen MR) is 66.4 cm³/mol. The average molecular weight is 269 g/mol. The molecular formula is C12H15NO6. The van der Waals surface area contributed by atoms with Gasteiger partial charge in [-0.15, -0.1) is 0 Å². The second kappa shape index (κ2) is 6.58. The summed E-state index contributed by atoms with van der Waals surface area (Å²) in [4.78, 5) is 20.8. The van der Waals surface area contributed by atoms with Gasteiger partial charge in [-0.05, 0) is 17.7 Å². The normalized spacial score (nSPS) is 11.7. The molecule has 1 aromatic rings. The Morgan fingerprint density at radius 3 is 2.47 bits per heavy atom. The zero-order chi connectivity index (χ0) is 14.4. The van der Waals surface area contributed by atoms with Gasteiger partial charge in [0.15, 0.2) is 11.5 Å². The van der Waals surface area contributed by atoms with E-state index in [0.29, 0.717) is 17.1 Å². The summed E-state index contributed by atoms with van der Waals surface area (Å²) < 4.78 is 10.2. The number of rotatable bonds is 7. The number of carbonyl (C=O) groups is 1.